The molecule has 0 aliphatic heterocycles. The van der Waals surface area contributed by atoms with Gasteiger partial charge in [0, 0.05) is 11.6 Å². The molecular formula is C16H16O4S. The molecule has 2 aromatic carbocycles. The van der Waals surface area contributed by atoms with Crippen molar-refractivity contribution >= 4 is 17.1 Å². The van der Waals surface area contributed by atoms with Gasteiger partial charge in [0.25, 0.3) is 0 Å². The summed E-state index contributed by atoms with van der Waals surface area (Å²) in [6.07, 6.45) is 0. The van der Waals surface area contributed by atoms with Crippen LogP contribution >= 0.6 is 0 Å². The van der Waals surface area contributed by atoms with Crippen LogP contribution in [0.4, 0.5) is 0 Å². The minimum Gasteiger partial charge on any atom is -0.611 e. The third-order valence-corrected chi connectivity index (χ3v) is 4.37. The van der Waals surface area contributed by atoms with Crippen molar-refractivity contribution in [3.63, 3.8) is 0 Å². The number of rotatable bonds is 5. The van der Waals surface area contributed by atoms with Crippen LogP contribution in [0.15, 0.2) is 47.4 Å². The average molecular weight is 304 g/mol. The number of benzene rings is 2. The molecule has 0 amide bonds. The van der Waals surface area contributed by atoms with Crippen LogP contribution in [0.1, 0.15) is 21.5 Å². The smallest absolute Gasteiger partial charge is 0.335 e. The van der Waals surface area contributed by atoms with Gasteiger partial charge < -0.3 is 14.4 Å². The monoisotopic (exact) mass is 304 g/mol. The number of hydrogen-bond acceptors (Lipinski definition) is 3. The van der Waals surface area contributed by atoms with Gasteiger partial charge in [-0.15, -0.1) is 0 Å². The van der Waals surface area contributed by atoms with E-state index in [1.165, 1.54) is 6.07 Å². The Hall–Kier alpha value is -1.98. The lowest BCUT2D eigenvalue weighted by Gasteiger charge is -2.13. The summed E-state index contributed by atoms with van der Waals surface area (Å²) in [6.45, 7) is 1.79. The predicted molar refractivity (Wildman–Crippen MR) is 81.2 cm³/mol. The number of carbonyl (C=O) groups is 1. The fourth-order valence-electron chi connectivity index (χ4n) is 2.05. The first-order chi connectivity index (χ1) is 10.0. The highest BCUT2D eigenvalue weighted by atomic mass is 32.2. The number of aryl methyl sites for hydroxylation is 1. The average Bonchev–Trinajstić information content (AvgIpc) is 2.47. The topological polar surface area (TPSA) is 69.6 Å². The fourth-order valence-corrected chi connectivity index (χ4v) is 3.31. The van der Waals surface area contributed by atoms with E-state index in [-0.39, 0.29) is 11.3 Å². The van der Waals surface area contributed by atoms with Gasteiger partial charge >= 0.3 is 5.97 Å². The third kappa shape index (κ3) is 3.77. The maximum Gasteiger partial charge on any atom is 0.335 e. The van der Waals surface area contributed by atoms with E-state index in [9.17, 15) is 9.35 Å². The zero-order valence-corrected chi connectivity index (χ0v) is 12.6. The Morgan fingerprint density at radius 3 is 2.67 bits per heavy atom. The molecular weight excluding hydrogens is 288 g/mol. The van der Waals surface area contributed by atoms with E-state index in [4.69, 9.17) is 9.84 Å². The Morgan fingerprint density at radius 1 is 1.29 bits per heavy atom. The maximum atomic E-state index is 12.5. The zero-order valence-electron chi connectivity index (χ0n) is 11.8. The Kier molecular flexibility index (Phi) is 4.88. The number of carboxylic acid groups (broad SMARTS) is 1. The van der Waals surface area contributed by atoms with Crippen molar-refractivity contribution < 1.29 is 19.2 Å². The first-order valence-corrected chi connectivity index (χ1v) is 7.68. The number of aromatic carboxylic acids is 1. The van der Waals surface area contributed by atoms with Gasteiger partial charge in [0.1, 0.15) is 11.5 Å². The van der Waals surface area contributed by atoms with Gasteiger partial charge in [-0.1, -0.05) is 18.2 Å². The van der Waals surface area contributed by atoms with E-state index in [1.807, 2.05) is 24.3 Å². The molecule has 0 radical (unpaired) electrons. The minimum absolute atomic E-state index is 0.151. The molecule has 0 aliphatic rings. The quantitative estimate of drug-likeness (QED) is 0.862. The van der Waals surface area contributed by atoms with E-state index in [1.54, 1.807) is 26.2 Å². The first kappa shape index (κ1) is 15.4. The van der Waals surface area contributed by atoms with Gasteiger partial charge in [-0.05, 0) is 41.9 Å². The van der Waals surface area contributed by atoms with Crippen molar-refractivity contribution in [2.45, 2.75) is 17.6 Å². The number of ether oxygens (including phenoxy) is 1. The molecule has 1 N–H and O–H groups in total. The van der Waals surface area contributed by atoms with Gasteiger partial charge in [-0.3, -0.25) is 0 Å². The molecule has 0 aliphatic carbocycles. The maximum absolute atomic E-state index is 12.5. The summed E-state index contributed by atoms with van der Waals surface area (Å²) in [5, 5.41) is 9.07. The number of para-hydroxylation sites is 1. The molecule has 0 bridgehead atoms. The minimum atomic E-state index is -1.33. The largest absolute Gasteiger partial charge is 0.611 e. The van der Waals surface area contributed by atoms with Crippen LogP contribution in [-0.4, -0.2) is 22.7 Å². The summed E-state index contributed by atoms with van der Waals surface area (Å²) < 4.78 is 17.7. The van der Waals surface area contributed by atoms with E-state index in [0.29, 0.717) is 10.6 Å². The molecule has 5 heteroatoms. The Balaban J connectivity index is 2.28. The van der Waals surface area contributed by atoms with Gasteiger partial charge in [-0.2, -0.15) is 0 Å². The van der Waals surface area contributed by atoms with Gasteiger partial charge in [0.2, 0.25) is 0 Å². The second-order valence-electron chi connectivity index (χ2n) is 4.64. The van der Waals surface area contributed by atoms with Crippen LogP contribution in [0.3, 0.4) is 0 Å². The molecule has 0 aromatic heterocycles. The van der Waals surface area contributed by atoms with E-state index in [2.05, 4.69) is 0 Å². The Morgan fingerprint density at radius 2 is 2.00 bits per heavy atom. The molecule has 1 atom stereocenters. The van der Waals surface area contributed by atoms with Crippen LogP contribution in [0.25, 0.3) is 0 Å². The molecule has 0 heterocycles. The van der Waals surface area contributed by atoms with Crippen molar-refractivity contribution in [1.29, 1.82) is 0 Å². The molecule has 4 nitrogen and oxygen atoms in total. The van der Waals surface area contributed by atoms with Crippen molar-refractivity contribution in [3.8, 4) is 5.75 Å². The predicted octanol–water partition coefficient (Wildman–Crippen LogP) is 3.01. The van der Waals surface area contributed by atoms with Crippen LogP contribution in [-0.2, 0) is 16.9 Å². The first-order valence-electron chi connectivity index (χ1n) is 6.36. The third-order valence-electron chi connectivity index (χ3n) is 3.04. The SMILES string of the molecule is COc1ccccc1C[S+]([O-])c1cc(C)cc(C(=O)O)c1. The summed E-state index contributed by atoms with van der Waals surface area (Å²) in [5.74, 6) is -0.0572. The fraction of sp³-hybridized carbons (Fsp3) is 0.188. The van der Waals surface area contributed by atoms with Crippen LogP contribution in [0, 0.1) is 6.92 Å². The second kappa shape index (κ2) is 6.65. The molecule has 0 saturated carbocycles. The lowest BCUT2D eigenvalue weighted by Crippen LogP contribution is -2.08. The molecule has 0 saturated heterocycles. The van der Waals surface area contributed by atoms with Crippen LogP contribution in [0.2, 0.25) is 0 Å². The van der Waals surface area contributed by atoms with Gasteiger partial charge in [0.15, 0.2) is 4.90 Å². The molecule has 0 spiro atoms. The summed E-state index contributed by atoms with van der Waals surface area (Å²) >= 11 is -1.33. The summed E-state index contributed by atoms with van der Waals surface area (Å²) in [4.78, 5) is 11.6. The Bertz CT molecular complexity index is 654. The highest BCUT2D eigenvalue weighted by Gasteiger charge is 2.17. The highest BCUT2D eigenvalue weighted by Crippen LogP contribution is 2.24. The lowest BCUT2D eigenvalue weighted by molar-refractivity contribution is 0.0696. The lowest BCUT2D eigenvalue weighted by atomic mass is 10.1. The molecule has 110 valence electrons. The van der Waals surface area contributed by atoms with Gasteiger partial charge in [-0.25, -0.2) is 4.79 Å². The molecule has 2 rings (SSSR count). The standard InChI is InChI=1S/C16H16O4S/c1-11-7-13(16(17)18)9-14(8-11)21(19)10-12-5-3-4-6-15(12)20-2/h3-9H,10H2,1-2H3,(H,17,18). The van der Waals surface area contributed by atoms with Gasteiger partial charge in [0.05, 0.1) is 12.7 Å². The normalized spacial score (nSPS) is 12.0. The summed E-state index contributed by atoms with van der Waals surface area (Å²) in [6, 6.07) is 12.1. The molecule has 0 fully saturated rings. The molecule has 1 unspecified atom stereocenters. The number of methoxy groups -OCH3 is 1. The van der Waals surface area contributed by atoms with Crippen molar-refractivity contribution in [1.82, 2.24) is 0 Å². The Labute approximate surface area is 126 Å². The highest BCUT2D eigenvalue weighted by molar-refractivity contribution is 7.90. The molecule has 21 heavy (non-hydrogen) atoms. The van der Waals surface area contributed by atoms with Crippen molar-refractivity contribution in [2.24, 2.45) is 0 Å². The van der Waals surface area contributed by atoms with Crippen LogP contribution < -0.4 is 4.74 Å². The summed E-state index contributed by atoms with van der Waals surface area (Å²) in [5.41, 5.74) is 1.76. The van der Waals surface area contributed by atoms with Crippen molar-refractivity contribution in [2.75, 3.05) is 7.11 Å². The van der Waals surface area contributed by atoms with Crippen molar-refractivity contribution in [3.05, 3.63) is 59.2 Å². The number of hydrogen-bond donors (Lipinski definition) is 1. The van der Waals surface area contributed by atoms with E-state index >= 15 is 0 Å². The van der Waals surface area contributed by atoms with E-state index < -0.39 is 17.1 Å². The molecule has 2 aromatic rings. The van der Waals surface area contributed by atoms with E-state index in [0.717, 1.165) is 11.1 Å². The second-order valence-corrected chi connectivity index (χ2v) is 6.09. The zero-order chi connectivity index (χ0) is 15.4. The summed E-state index contributed by atoms with van der Waals surface area (Å²) in [7, 11) is 1.57. The number of carboxylic acids is 1. The van der Waals surface area contributed by atoms with Crippen LogP contribution in [0.5, 0.6) is 5.75 Å².